The fraction of sp³-hybridized carbons (Fsp3) is 0.538. The number of anilines is 2. The third-order valence-electron chi connectivity index (χ3n) is 3.82. The molecule has 2 heterocycles. The summed E-state index contributed by atoms with van der Waals surface area (Å²) in [7, 11) is 0. The molecule has 3 N–H and O–H groups in total. The Bertz CT molecular complexity index is 405. The number of ether oxygens (including phenoxy) is 1. The molecule has 1 aromatic rings. The van der Waals surface area contributed by atoms with E-state index in [9.17, 15) is 0 Å². The lowest BCUT2D eigenvalue weighted by molar-refractivity contribution is 0.102. The lowest BCUT2D eigenvalue weighted by Gasteiger charge is -2.22. The summed E-state index contributed by atoms with van der Waals surface area (Å²) in [6, 6.07) is 6.51. The highest BCUT2D eigenvalue weighted by atomic mass is 16.5. The highest BCUT2D eigenvalue weighted by molar-refractivity contribution is 5.63. The van der Waals surface area contributed by atoms with Crippen molar-refractivity contribution in [2.24, 2.45) is 0 Å². The summed E-state index contributed by atoms with van der Waals surface area (Å²) in [6.45, 7) is 2.06. The van der Waals surface area contributed by atoms with Gasteiger partial charge in [-0.1, -0.05) is 6.07 Å². The van der Waals surface area contributed by atoms with Gasteiger partial charge in [0, 0.05) is 11.4 Å². The summed E-state index contributed by atoms with van der Waals surface area (Å²) in [5.41, 5.74) is 9.05. The number of hydrogen-bond donors (Lipinski definition) is 2. The molecule has 3 unspecified atom stereocenters. The van der Waals surface area contributed by atoms with Crippen LogP contribution in [0.25, 0.3) is 0 Å². The van der Waals surface area contributed by atoms with Crippen LogP contribution in [-0.2, 0) is 4.74 Å². The van der Waals surface area contributed by atoms with E-state index in [1.165, 1.54) is 12.8 Å². The van der Waals surface area contributed by atoms with Crippen molar-refractivity contribution >= 4 is 11.4 Å². The van der Waals surface area contributed by atoms with Gasteiger partial charge in [-0.05, 0) is 43.9 Å². The third-order valence-corrected chi connectivity index (χ3v) is 3.82. The Morgan fingerprint density at radius 2 is 2.25 bits per heavy atom. The Balaban J connectivity index is 1.77. The van der Waals surface area contributed by atoms with Crippen molar-refractivity contribution in [2.75, 3.05) is 11.1 Å². The van der Waals surface area contributed by atoms with E-state index in [2.05, 4.69) is 18.3 Å². The highest BCUT2D eigenvalue weighted by Crippen LogP contribution is 2.36. The Hall–Kier alpha value is -1.22. The molecule has 86 valence electrons. The van der Waals surface area contributed by atoms with Gasteiger partial charge in [-0.15, -0.1) is 0 Å². The van der Waals surface area contributed by atoms with Crippen LogP contribution < -0.4 is 11.1 Å². The van der Waals surface area contributed by atoms with E-state index in [4.69, 9.17) is 10.5 Å². The van der Waals surface area contributed by atoms with E-state index in [-0.39, 0.29) is 0 Å². The normalized spacial score (nSPS) is 31.9. The third kappa shape index (κ3) is 1.55. The van der Waals surface area contributed by atoms with E-state index < -0.39 is 0 Å². The molecule has 3 rings (SSSR count). The smallest absolute Gasteiger partial charge is 0.0781 e. The average molecular weight is 218 g/mol. The van der Waals surface area contributed by atoms with Gasteiger partial charge in [-0.2, -0.15) is 0 Å². The SMILES string of the molecule is Cc1c(N)cccc1NC1CC2CCC1O2. The molecular formula is C13H18N2O. The Morgan fingerprint density at radius 3 is 2.94 bits per heavy atom. The molecule has 0 spiro atoms. The van der Waals surface area contributed by atoms with Crippen molar-refractivity contribution in [1.29, 1.82) is 0 Å². The van der Waals surface area contributed by atoms with Crippen LogP contribution in [0, 0.1) is 6.92 Å². The maximum atomic E-state index is 5.90. The minimum absolute atomic E-state index is 0.408. The first kappa shape index (κ1) is 9.97. The number of benzene rings is 1. The molecule has 16 heavy (non-hydrogen) atoms. The molecule has 2 aliphatic heterocycles. The first-order valence-corrected chi connectivity index (χ1v) is 6.01. The molecule has 2 fully saturated rings. The highest BCUT2D eigenvalue weighted by Gasteiger charge is 2.40. The largest absolute Gasteiger partial charge is 0.398 e. The summed E-state index contributed by atoms with van der Waals surface area (Å²) in [4.78, 5) is 0. The number of nitrogens with one attached hydrogen (secondary N) is 1. The molecule has 2 bridgehead atoms. The van der Waals surface area contributed by atoms with Crippen molar-refractivity contribution < 1.29 is 4.74 Å². The zero-order valence-electron chi connectivity index (χ0n) is 9.57. The van der Waals surface area contributed by atoms with Gasteiger partial charge in [0.1, 0.15) is 0 Å². The Labute approximate surface area is 96.0 Å². The second-order valence-corrected chi connectivity index (χ2v) is 4.88. The minimum Gasteiger partial charge on any atom is -0.398 e. The molecular weight excluding hydrogens is 200 g/mol. The van der Waals surface area contributed by atoms with E-state index in [1.807, 2.05) is 12.1 Å². The lowest BCUT2D eigenvalue weighted by Crippen LogP contribution is -2.30. The monoisotopic (exact) mass is 218 g/mol. The van der Waals surface area contributed by atoms with Crippen LogP contribution in [0.3, 0.4) is 0 Å². The molecule has 0 amide bonds. The van der Waals surface area contributed by atoms with Crippen molar-refractivity contribution in [3.63, 3.8) is 0 Å². The molecule has 3 heteroatoms. The van der Waals surface area contributed by atoms with Gasteiger partial charge in [-0.3, -0.25) is 0 Å². The van der Waals surface area contributed by atoms with Crippen molar-refractivity contribution in [1.82, 2.24) is 0 Å². The fourth-order valence-electron chi connectivity index (χ4n) is 2.80. The van der Waals surface area contributed by atoms with E-state index in [0.29, 0.717) is 18.2 Å². The standard InChI is InChI=1S/C13H18N2O/c1-8-10(14)3-2-4-11(8)15-12-7-9-5-6-13(12)16-9/h2-4,9,12-13,15H,5-7,14H2,1H3. The molecule has 0 radical (unpaired) electrons. The van der Waals surface area contributed by atoms with Crippen molar-refractivity contribution in [2.45, 2.75) is 44.4 Å². The first-order chi connectivity index (χ1) is 7.74. The number of nitrogens with two attached hydrogens (primary N) is 1. The zero-order chi connectivity index (χ0) is 11.1. The number of rotatable bonds is 2. The van der Waals surface area contributed by atoms with Gasteiger partial charge in [0.15, 0.2) is 0 Å². The van der Waals surface area contributed by atoms with Crippen LogP contribution in [0.5, 0.6) is 0 Å². The van der Waals surface area contributed by atoms with E-state index in [0.717, 1.165) is 23.4 Å². The maximum absolute atomic E-state index is 5.90. The predicted octanol–water partition coefficient (Wildman–Crippen LogP) is 2.31. The first-order valence-electron chi connectivity index (χ1n) is 6.01. The summed E-state index contributed by atoms with van der Waals surface area (Å²) < 4.78 is 5.83. The summed E-state index contributed by atoms with van der Waals surface area (Å²) >= 11 is 0. The molecule has 2 aliphatic rings. The van der Waals surface area contributed by atoms with Gasteiger partial charge >= 0.3 is 0 Å². The molecule has 0 aliphatic carbocycles. The average Bonchev–Trinajstić information content (AvgIpc) is 2.86. The lowest BCUT2D eigenvalue weighted by atomic mass is 9.95. The van der Waals surface area contributed by atoms with Crippen molar-refractivity contribution in [3.05, 3.63) is 23.8 Å². The van der Waals surface area contributed by atoms with E-state index >= 15 is 0 Å². The van der Waals surface area contributed by atoms with Crippen LogP contribution in [0.4, 0.5) is 11.4 Å². The fourth-order valence-corrected chi connectivity index (χ4v) is 2.80. The summed E-state index contributed by atoms with van der Waals surface area (Å²) in [5.74, 6) is 0. The Morgan fingerprint density at radius 1 is 1.38 bits per heavy atom. The Kier molecular flexibility index (Phi) is 2.28. The molecule has 3 atom stereocenters. The minimum atomic E-state index is 0.408. The topological polar surface area (TPSA) is 47.3 Å². The second-order valence-electron chi connectivity index (χ2n) is 4.88. The summed E-state index contributed by atoms with van der Waals surface area (Å²) in [5, 5.41) is 3.58. The second kappa shape index (κ2) is 3.67. The molecule has 3 nitrogen and oxygen atoms in total. The van der Waals surface area contributed by atoms with E-state index in [1.54, 1.807) is 0 Å². The molecule has 1 aromatic carbocycles. The van der Waals surface area contributed by atoms with Crippen LogP contribution >= 0.6 is 0 Å². The summed E-state index contributed by atoms with van der Waals surface area (Å²) in [6.07, 6.45) is 4.47. The molecule has 0 aromatic heterocycles. The van der Waals surface area contributed by atoms with Crippen LogP contribution in [-0.4, -0.2) is 18.2 Å². The van der Waals surface area contributed by atoms with Gasteiger partial charge in [0.05, 0.1) is 18.2 Å². The van der Waals surface area contributed by atoms with Crippen molar-refractivity contribution in [3.8, 4) is 0 Å². The zero-order valence-corrected chi connectivity index (χ0v) is 9.57. The maximum Gasteiger partial charge on any atom is 0.0781 e. The molecule has 0 saturated carbocycles. The van der Waals surface area contributed by atoms with Crippen LogP contribution in [0.1, 0.15) is 24.8 Å². The van der Waals surface area contributed by atoms with Gasteiger partial charge < -0.3 is 15.8 Å². The number of nitrogen functional groups attached to an aromatic ring is 1. The van der Waals surface area contributed by atoms with Gasteiger partial charge in [0.2, 0.25) is 0 Å². The van der Waals surface area contributed by atoms with Gasteiger partial charge in [-0.25, -0.2) is 0 Å². The van der Waals surface area contributed by atoms with Crippen LogP contribution in [0.2, 0.25) is 0 Å². The number of fused-ring (bicyclic) bond motifs is 2. The quantitative estimate of drug-likeness (QED) is 0.749. The van der Waals surface area contributed by atoms with Crippen LogP contribution in [0.15, 0.2) is 18.2 Å². The predicted molar refractivity (Wildman–Crippen MR) is 65.5 cm³/mol. The molecule has 2 saturated heterocycles. The number of hydrogen-bond acceptors (Lipinski definition) is 3. The van der Waals surface area contributed by atoms with Gasteiger partial charge in [0.25, 0.3) is 0 Å².